The van der Waals surface area contributed by atoms with Crippen molar-refractivity contribution >= 4 is 27.5 Å². The fraction of sp³-hybridized carbons (Fsp3) is 0.167. The molecule has 1 aliphatic heterocycles. The van der Waals surface area contributed by atoms with E-state index in [1.165, 1.54) is 30.3 Å². The van der Waals surface area contributed by atoms with E-state index in [1.807, 2.05) is 0 Å². The van der Waals surface area contributed by atoms with Gasteiger partial charge in [-0.2, -0.15) is 0 Å². The van der Waals surface area contributed by atoms with Crippen molar-refractivity contribution in [2.24, 2.45) is 0 Å². The minimum atomic E-state index is -3.94. The van der Waals surface area contributed by atoms with Gasteiger partial charge in [0.2, 0.25) is 0 Å². The molecule has 2 amide bonds. The number of hydrogen-bond acceptors (Lipinski definition) is 5. The van der Waals surface area contributed by atoms with Gasteiger partial charge in [0.25, 0.3) is 21.8 Å². The third kappa shape index (κ3) is 4.07. The highest BCUT2D eigenvalue weighted by Gasteiger charge is 2.48. The molecule has 0 aromatic heterocycles. The molecule has 2 aliphatic rings. The zero-order valence-corrected chi connectivity index (χ0v) is 18.1. The normalized spacial score (nSPS) is 16.4. The van der Waals surface area contributed by atoms with Crippen molar-refractivity contribution in [2.75, 3.05) is 5.32 Å². The van der Waals surface area contributed by atoms with Gasteiger partial charge in [-0.25, -0.2) is 17.1 Å². The van der Waals surface area contributed by atoms with Crippen LogP contribution in [0.1, 0.15) is 39.1 Å². The predicted molar refractivity (Wildman–Crippen MR) is 118 cm³/mol. The van der Waals surface area contributed by atoms with Gasteiger partial charge in [-0.3, -0.25) is 9.59 Å². The Morgan fingerprint density at radius 2 is 1.82 bits per heavy atom. The molecule has 0 spiro atoms. The first-order valence-electron chi connectivity index (χ1n) is 10.3. The lowest BCUT2D eigenvalue weighted by atomic mass is 10.1. The van der Waals surface area contributed by atoms with E-state index < -0.39 is 21.8 Å². The van der Waals surface area contributed by atoms with Crippen LogP contribution in [0.4, 0.5) is 10.1 Å². The van der Waals surface area contributed by atoms with Crippen molar-refractivity contribution in [3.8, 4) is 5.75 Å². The first-order chi connectivity index (χ1) is 15.8. The largest absolute Gasteiger partial charge is 0.489 e. The van der Waals surface area contributed by atoms with Gasteiger partial charge >= 0.3 is 0 Å². The zero-order chi connectivity index (χ0) is 23.2. The maximum absolute atomic E-state index is 13.0. The first kappa shape index (κ1) is 21.1. The number of ether oxygens (including phenoxy) is 1. The van der Waals surface area contributed by atoms with Gasteiger partial charge in [0, 0.05) is 23.4 Å². The van der Waals surface area contributed by atoms with E-state index in [9.17, 15) is 22.4 Å². The second-order valence-corrected chi connectivity index (χ2v) is 9.73. The molecule has 0 radical (unpaired) electrons. The number of fused-ring (bicyclic) bond motifs is 1. The predicted octanol–water partition coefficient (Wildman–Crippen LogP) is 3.96. The van der Waals surface area contributed by atoms with Crippen LogP contribution < -0.4 is 10.1 Å². The Labute approximate surface area is 189 Å². The van der Waals surface area contributed by atoms with Gasteiger partial charge in [-0.05, 0) is 60.9 Å². The van der Waals surface area contributed by atoms with Gasteiger partial charge in [-0.15, -0.1) is 0 Å². The molecule has 1 saturated carbocycles. The summed E-state index contributed by atoms with van der Waals surface area (Å²) in [6, 6.07) is 16.5. The molecule has 0 atom stereocenters. The smallest absolute Gasteiger partial charge is 0.269 e. The number of carbonyl (C=O) groups excluding carboxylic acids is 2. The molecule has 9 heteroatoms. The summed E-state index contributed by atoms with van der Waals surface area (Å²) in [5, 5.41) is 2.72. The topological polar surface area (TPSA) is 92.8 Å². The molecule has 168 valence electrons. The second-order valence-electron chi connectivity index (χ2n) is 7.95. The summed E-state index contributed by atoms with van der Waals surface area (Å²) in [5.74, 6) is -0.877. The number of nitrogens with one attached hydrogen (secondary N) is 1. The van der Waals surface area contributed by atoms with Crippen LogP contribution in [0.15, 0.2) is 71.6 Å². The van der Waals surface area contributed by atoms with E-state index in [0.717, 1.165) is 9.87 Å². The number of hydrogen-bond donors (Lipinski definition) is 1. The quantitative estimate of drug-likeness (QED) is 0.594. The van der Waals surface area contributed by atoms with Crippen LogP contribution in [0, 0.1) is 5.82 Å². The summed E-state index contributed by atoms with van der Waals surface area (Å²) >= 11 is 0. The molecule has 1 N–H and O–H groups in total. The fourth-order valence-electron chi connectivity index (χ4n) is 3.67. The number of anilines is 1. The number of halogens is 1. The van der Waals surface area contributed by atoms with Crippen LogP contribution in [0.5, 0.6) is 5.75 Å². The lowest BCUT2D eigenvalue weighted by molar-refractivity contribution is 0.0864. The lowest BCUT2D eigenvalue weighted by Crippen LogP contribution is -2.31. The Morgan fingerprint density at radius 3 is 2.55 bits per heavy atom. The first-order valence-corrected chi connectivity index (χ1v) is 11.8. The van der Waals surface area contributed by atoms with Crippen molar-refractivity contribution in [3.63, 3.8) is 0 Å². The van der Waals surface area contributed by atoms with E-state index in [4.69, 9.17) is 4.74 Å². The van der Waals surface area contributed by atoms with Crippen LogP contribution in [-0.2, 0) is 16.6 Å². The van der Waals surface area contributed by atoms with Crippen LogP contribution in [0.3, 0.4) is 0 Å². The average Bonchev–Trinajstić information content (AvgIpc) is 3.60. The second kappa shape index (κ2) is 8.00. The minimum Gasteiger partial charge on any atom is -0.489 e. The molecule has 7 nitrogen and oxygen atoms in total. The van der Waals surface area contributed by atoms with Crippen LogP contribution >= 0.6 is 0 Å². The molecule has 1 fully saturated rings. The number of rotatable bonds is 6. The van der Waals surface area contributed by atoms with Crippen molar-refractivity contribution in [1.82, 2.24) is 4.31 Å². The summed E-state index contributed by atoms with van der Waals surface area (Å²) in [6.07, 6.45) is 1.32. The molecule has 3 aromatic carbocycles. The number of benzene rings is 3. The molecule has 3 aromatic rings. The van der Waals surface area contributed by atoms with Gasteiger partial charge in [0.1, 0.15) is 23.1 Å². The molecule has 1 aliphatic carbocycles. The highest BCUT2D eigenvalue weighted by Crippen LogP contribution is 2.39. The molecule has 33 heavy (non-hydrogen) atoms. The summed E-state index contributed by atoms with van der Waals surface area (Å²) in [4.78, 5) is 25.1. The molecular weight excluding hydrogens is 447 g/mol. The zero-order valence-electron chi connectivity index (χ0n) is 17.3. The molecular formula is C24H19FN2O5S. The monoisotopic (exact) mass is 466 g/mol. The van der Waals surface area contributed by atoms with E-state index in [-0.39, 0.29) is 34.5 Å². The average molecular weight is 466 g/mol. The number of amides is 2. The van der Waals surface area contributed by atoms with Gasteiger partial charge in [0.05, 0.1) is 5.56 Å². The van der Waals surface area contributed by atoms with Crippen molar-refractivity contribution in [1.29, 1.82) is 0 Å². The maximum Gasteiger partial charge on any atom is 0.269 e. The molecule has 0 unspecified atom stereocenters. The standard InChI is InChI=1S/C24H19FN2O5S/c25-17-7-4-15(5-8-17)14-32-20-3-1-2-18(13-20)26-23(28)16-6-11-21-22(12-16)33(30,31)27(24(21)29)19-9-10-19/h1-8,11-13,19H,9-10,14H2,(H,26,28). The van der Waals surface area contributed by atoms with Gasteiger partial charge < -0.3 is 10.1 Å². The highest BCUT2D eigenvalue weighted by atomic mass is 32.2. The number of sulfonamides is 1. The summed E-state index contributed by atoms with van der Waals surface area (Å²) in [7, 11) is -3.94. The van der Waals surface area contributed by atoms with Crippen LogP contribution in [0.25, 0.3) is 0 Å². The van der Waals surface area contributed by atoms with E-state index in [2.05, 4.69) is 5.32 Å². The Morgan fingerprint density at radius 1 is 1.06 bits per heavy atom. The van der Waals surface area contributed by atoms with Gasteiger partial charge in [-0.1, -0.05) is 18.2 Å². The fourth-order valence-corrected chi connectivity index (χ4v) is 5.51. The van der Waals surface area contributed by atoms with Crippen LogP contribution in [-0.4, -0.2) is 30.6 Å². The third-order valence-electron chi connectivity index (χ3n) is 5.50. The van der Waals surface area contributed by atoms with Crippen molar-refractivity contribution in [3.05, 3.63) is 89.2 Å². The Hall–Kier alpha value is -3.72. The third-order valence-corrected chi connectivity index (χ3v) is 7.38. The molecule has 5 rings (SSSR count). The van der Waals surface area contributed by atoms with E-state index in [1.54, 1.807) is 36.4 Å². The van der Waals surface area contributed by atoms with Gasteiger partial charge in [0.15, 0.2) is 0 Å². The lowest BCUT2D eigenvalue weighted by Gasteiger charge is -2.13. The number of nitrogens with zero attached hydrogens (tertiary/aromatic N) is 1. The summed E-state index contributed by atoms with van der Waals surface area (Å²) in [6.45, 7) is 0.228. The summed E-state index contributed by atoms with van der Waals surface area (Å²) in [5.41, 5.74) is 1.46. The minimum absolute atomic E-state index is 0.0923. The maximum atomic E-state index is 13.0. The Kier molecular flexibility index (Phi) is 5.13. The van der Waals surface area contributed by atoms with E-state index >= 15 is 0 Å². The van der Waals surface area contributed by atoms with Crippen molar-refractivity contribution in [2.45, 2.75) is 30.4 Å². The SMILES string of the molecule is O=C(Nc1cccc(OCc2ccc(F)cc2)c1)c1ccc2c(c1)S(=O)(=O)N(C1CC1)C2=O. The molecule has 0 bridgehead atoms. The molecule has 1 heterocycles. The van der Waals surface area contributed by atoms with E-state index in [0.29, 0.717) is 24.3 Å². The van der Waals surface area contributed by atoms with Crippen LogP contribution in [0.2, 0.25) is 0 Å². The van der Waals surface area contributed by atoms with Crippen molar-refractivity contribution < 1.29 is 27.1 Å². The Bertz CT molecular complexity index is 1370. The summed E-state index contributed by atoms with van der Waals surface area (Å²) < 4.78 is 45.3. The highest BCUT2D eigenvalue weighted by molar-refractivity contribution is 7.90. The molecule has 0 saturated heterocycles. The Balaban J connectivity index is 1.31. The number of carbonyl (C=O) groups is 2.